The molecule has 0 unspecified atom stereocenters. The van der Waals surface area contributed by atoms with Gasteiger partial charge in [0.1, 0.15) is 0 Å². The topological polar surface area (TPSA) is 24.1 Å². The molecule has 2 N–H and O–H groups in total. The predicted molar refractivity (Wildman–Crippen MR) is 87.5 cm³/mol. The van der Waals surface area contributed by atoms with Crippen molar-refractivity contribution in [2.45, 2.75) is 6.92 Å². The molecule has 0 amide bonds. The summed E-state index contributed by atoms with van der Waals surface area (Å²) in [7, 11) is 0. The van der Waals surface area contributed by atoms with Gasteiger partial charge in [-0.15, -0.1) is 0 Å². The van der Waals surface area contributed by atoms with Crippen LogP contribution in [-0.4, -0.2) is 5.11 Å². The second kappa shape index (κ2) is 6.24. The van der Waals surface area contributed by atoms with E-state index in [1.54, 1.807) is 6.07 Å². The maximum atomic E-state index is 6.06. The standard InChI is InChI=1S/C14H12Cl2N2S/c1-9-6-7-10(15)8-13(9)18-14(19)17-12-5-3-2-4-11(12)16/h2-8H,1H3,(H2,17,18,19). The van der Waals surface area contributed by atoms with Gasteiger partial charge in [0, 0.05) is 10.7 Å². The fraction of sp³-hybridized carbons (Fsp3) is 0.0714. The zero-order valence-corrected chi connectivity index (χ0v) is 12.5. The third-order valence-corrected chi connectivity index (χ3v) is 3.34. The number of benzene rings is 2. The molecule has 0 saturated heterocycles. The van der Waals surface area contributed by atoms with Crippen LogP contribution in [0.5, 0.6) is 0 Å². The molecule has 2 aromatic carbocycles. The number of anilines is 2. The summed E-state index contributed by atoms with van der Waals surface area (Å²) in [6.07, 6.45) is 0. The van der Waals surface area contributed by atoms with Gasteiger partial charge < -0.3 is 10.6 Å². The van der Waals surface area contributed by atoms with Crippen molar-refractivity contribution < 1.29 is 0 Å². The Hall–Kier alpha value is -1.29. The Balaban J connectivity index is 2.10. The average molecular weight is 311 g/mol. The Labute approximate surface area is 127 Å². The molecular formula is C14H12Cl2N2S. The van der Waals surface area contributed by atoms with Crippen LogP contribution in [0.4, 0.5) is 11.4 Å². The molecule has 0 atom stereocenters. The van der Waals surface area contributed by atoms with Crippen LogP contribution in [-0.2, 0) is 0 Å². The Morgan fingerprint density at radius 1 is 1.00 bits per heavy atom. The van der Waals surface area contributed by atoms with Crippen LogP contribution < -0.4 is 10.6 Å². The highest BCUT2D eigenvalue weighted by Crippen LogP contribution is 2.23. The molecule has 0 bridgehead atoms. The van der Waals surface area contributed by atoms with Gasteiger partial charge in [0.2, 0.25) is 0 Å². The van der Waals surface area contributed by atoms with E-state index in [4.69, 9.17) is 35.4 Å². The number of hydrogen-bond donors (Lipinski definition) is 2. The van der Waals surface area contributed by atoms with Gasteiger partial charge in [0.25, 0.3) is 0 Å². The van der Waals surface area contributed by atoms with Crippen molar-refractivity contribution in [2.75, 3.05) is 10.6 Å². The third-order valence-electron chi connectivity index (χ3n) is 2.57. The van der Waals surface area contributed by atoms with Gasteiger partial charge >= 0.3 is 0 Å². The molecule has 0 aromatic heterocycles. The molecule has 0 heterocycles. The van der Waals surface area contributed by atoms with Crippen LogP contribution in [0.25, 0.3) is 0 Å². The molecule has 0 fully saturated rings. The summed E-state index contributed by atoms with van der Waals surface area (Å²) in [6.45, 7) is 1.98. The van der Waals surface area contributed by atoms with E-state index in [9.17, 15) is 0 Å². The molecule has 0 spiro atoms. The maximum absolute atomic E-state index is 6.06. The lowest BCUT2D eigenvalue weighted by Gasteiger charge is -2.13. The van der Waals surface area contributed by atoms with Crippen molar-refractivity contribution in [3.8, 4) is 0 Å². The minimum Gasteiger partial charge on any atom is -0.332 e. The first-order valence-electron chi connectivity index (χ1n) is 5.65. The van der Waals surface area contributed by atoms with E-state index in [-0.39, 0.29) is 0 Å². The van der Waals surface area contributed by atoms with E-state index in [0.717, 1.165) is 16.9 Å². The molecular weight excluding hydrogens is 299 g/mol. The largest absolute Gasteiger partial charge is 0.332 e. The van der Waals surface area contributed by atoms with Gasteiger partial charge in [-0.05, 0) is 49.0 Å². The highest BCUT2D eigenvalue weighted by Gasteiger charge is 2.04. The van der Waals surface area contributed by atoms with E-state index < -0.39 is 0 Å². The molecule has 0 aliphatic carbocycles. The normalized spacial score (nSPS) is 10.1. The smallest absolute Gasteiger partial charge is 0.175 e. The highest BCUT2D eigenvalue weighted by atomic mass is 35.5. The molecule has 5 heteroatoms. The predicted octanol–water partition coefficient (Wildman–Crippen LogP) is 5.11. The van der Waals surface area contributed by atoms with Crippen molar-refractivity contribution in [1.29, 1.82) is 0 Å². The second-order valence-electron chi connectivity index (χ2n) is 4.02. The first-order valence-corrected chi connectivity index (χ1v) is 6.81. The summed E-state index contributed by atoms with van der Waals surface area (Å²) in [5, 5.41) is 7.91. The SMILES string of the molecule is Cc1ccc(Cl)cc1NC(=S)Nc1ccccc1Cl. The van der Waals surface area contributed by atoms with E-state index in [1.807, 2.05) is 43.3 Å². The number of para-hydroxylation sites is 1. The monoisotopic (exact) mass is 310 g/mol. The van der Waals surface area contributed by atoms with E-state index in [0.29, 0.717) is 15.2 Å². The molecule has 2 aromatic rings. The molecule has 0 aliphatic heterocycles. The van der Waals surface area contributed by atoms with Gasteiger partial charge in [-0.2, -0.15) is 0 Å². The maximum Gasteiger partial charge on any atom is 0.175 e. The summed E-state index contributed by atoms with van der Waals surface area (Å²) in [4.78, 5) is 0. The lowest BCUT2D eigenvalue weighted by molar-refractivity contribution is 1.45. The van der Waals surface area contributed by atoms with Crippen LogP contribution in [0.3, 0.4) is 0 Å². The van der Waals surface area contributed by atoms with Crippen molar-refractivity contribution in [3.05, 3.63) is 58.1 Å². The van der Waals surface area contributed by atoms with Gasteiger partial charge in [0.15, 0.2) is 5.11 Å². The van der Waals surface area contributed by atoms with Gasteiger partial charge in [0.05, 0.1) is 10.7 Å². The third kappa shape index (κ3) is 3.83. The number of halogens is 2. The van der Waals surface area contributed by atoms with Crippen molar-refractivity contribution in [2.24, 2.45) is 0 Å². The first kappa shape index (κ1) is 14.1. The minimum absolute atomic E-state index is 0.471. The zero-order valence-electron chi connectivity index (χ0n) is 10.2. The van der Waals surface area contributed by atoms with Gasteiger partial charge in [-0.1, -0.05) is 41.4 Å². The van der Waals surface area contributed by atoms with Gasteiger partial charge in [-0.25, -0.2) is 0 Å². The van der Waals surface area contributed by atoms with E-state index in [1.165, 1.54) is 0 Å². The van der Waals surface area contributed by atoms with E-state index in [2.05, 4.69) is 10.6 Å². The fourth-order valence-corrected chi connectivity index (χ4v) is 2.14. The average Bonchev–Trinajstić information content (AvgIpc) is 2.37. The van der Waals surface area contributed by atoms with Crippen LogP contribution in [0.2, 0.25) is 10.0 Å². The van der Waals surface area contributed by atoms with E-state index >= 15 is 0 Å². The van der Waals surface area contributed by atoms with Crippen LogP contribution in [0.1, 0.15) is 5.56 Å². The Morgan fingerprint density at radius 2 is 1.68 bits per heavy atom. The van der Waals surface area contributed by atoms with Gasteiger partial charge in [-0.3, -0.25) is 0 Å². The Kier molecular flexibility index (Phi) is 4.64. The lowest BCUT2D eigenvalue weighted by Crippen LogP contribution is -2.19. The second-order valence-corrected chi connectivity index (χ2v) is 5.27. The molecule has 98 valence electrons. The van der Waals surface area contributed by atoms with Crippen LogP contribution >= 0.6 is 35.4 Å². The van der Waals surface area contributed by atoms with Crippen molar-refractivity contribution in [3.63, 3.8) is 0 Å². The number of rotatable bonds is 2. The number of hydrogen-bond acceptors (Lipinski definition) is 1. The first-order chi connectivity index (χ1) is 9.06. The zero-order chi connectivity index (χ0) is 13.8. The lowest BCUT2D eigenvalue weighted by atomic mass is 10.2. The fourth-order valence-electron chi connectivity index (χ4n) is 1.57. The summed E-state index contributed by atoms with van der Waals surface area (Å²) in [6, 6.07) is 13.0. The summed E-state index contributed by atoms with van der Waals surface area (Å²) < 4.78 is 0. The molecule has 0 saturated carbocycles. The quantitative estimate of drug-likeness (QED) is 0.754. The van der Waals surface area contributed by atoms with Crippen molar-refractivity contribution in [1.82, 2.24) is 0 Å². The molecule has 19 heavy (non-hydrogen) atoms. The number of aryl methyl sites for hydroxylation is 1. The number of thiocarbonyl (C=S) groups is 1. The van der Waals surface area contributed by atoms with Crippen molar-refractivity contribution >= 4 is 51.9 Å². The highest BCUT2D eigenvalue weighted by molar-refractivity contribution is 7.80. The Bertz CT molecular complexity index is 614. The molecule has 0 radical (unpaired) electrons. The molecule has 0 aliphatic rings. The van der Waals surface area contributed by atoms with Crippen LogP contribution in [0, 0.1) is 6.92 Å². The summed E-state index contributed by atoms with van der Waals surface area (Å²) in [5.74, 6) is 0. The number of nitrogens with one attached hydrogen (secondary N) is 2. The van der Waals surface area contributed by atoms with Crippen LogP contribution in [0.15, 0.2) is 42.5 Å². The molecule has 2 nitrogen and oxygen atoms in total. The summed E-state index contributed by atoms with van der Waals surface area (Å²) in [5.41, 5.74) is 2.70. The Morgan fingerprint density at radius 3 is 2.42 bits per heavy atom. The summed E-state index contributed by atoms with van der Waals surface area (Å²) >= 11 is 17.3. The molecule has 2 rings (SSSR count). The minimum atomic E-state index is 0.471.